The molecule has 0 spiro atoms. The van der Waals surface area contributed by atoms with Crippen LogP contribution in [0.25, 0.3) is 0 Å². The van der Waals surface area contributed by atoms with Gasteiger partial charge in [-0.15, -0.1) is 0 Å². The van der Waals surface area contributed by atoms with Crippen LogP contribution in [-0.4, -0.2) is 17.9 Å². The zero-order chi connectivity index (χ0) is 11.0. The van der Waals surface area contributed by atoms with Gasteiger partial charge >= 0.3 is 5.97 Å². The summed E-state index contributed by atoms with van der Waals surface area (Å²) in [5, 5.41) is 0. The van der Waals surface area contributed by atoms with Gasteiger partial charge in [-0.25, -0.2) is 9.79 Å². The molecular formula is C11H10INO2. The lowest BCUT2D eigenvalue weighted by atomic mass is 10.1. The van der Waals surface area contributed by atoms with Gasteiger partial charge in [-0.3, -0.25) is 0 Å². The number of fused-ring (bicyclic) bond motifs is 1. The number of carbonyl (C=O) groups is 1. The van der Waals surface area contributed by atoms with Gasteiger partial charge in [0.05, 0.1) is 11.1 Å². The number of aliphatic imine (C=N–C) groups is 1. The molecule has 1 aromatic rings. The van der Waals surface area contributed by atoms with E-state index < -0.39 is 0 Å². The van der Waals surface area contributed by atoms with Crippen molar-refractivity contribution in [2.24, 2.45) is 4.99 Å². The van der Waals surface area contributed by atoms with Crippen LogP contribution in [0.2, 0.25) is 0 Å². The molecule has 0 bridgehead atoms. The fraction of sp³-hybridized carbons (Fsp3) is 0.273. The summed E-state index contributed by atoms with van der Waals surface area (Å²) in [7, 11) is 0. The first-order chi connectivity index (χ1) is 7.09. The van der Waals surface area contributed by atoms with E-state index in [1.807, 2.05) is 26.0 Å². The van der Waals surface area contributed by atoms with Crippen molar-refractivity contribution < 1.29 is 9.53 Å². The molecule has 78 valence electrons. The topological polar surface area (TPSA) is 38.7 Å². The van der Waals surface area contributed by atoms with Gasteiger partial charge in [-0.2, -0.15) is 0 Å². The first-order valence-electron chi connectivity index (χ1n) is 4.68. The van der Waals surface area contributed by atoms with Crippen LogP contribution in [0.5, 0.6) is 0 Å². The molecule has 0 unspecified atom stereocenters. The second kappa shape index (κ2) is 3.92. The SMILES string of the molecule is CC(C)/N=C1/OC(=O)c2cccc(I)c21. The van der Waals surface area contributed by atoms with Crippen LogP contribution in [0.3, 0.4) is 0 Å². The Hall–Kier alpha value is -0.910. The third kappa shape index (κ3) is 1.90. The summed E-state index contributed by atoms with van der Waals surface area (Å²) in [6.45, 7) is 3.91. The van der Waals surface area contributed by atoms with Gasteiger partial charge in [0.2, 0.25) is 5.90 Å². The molecule has 2 rings (SSSR count). The summed E-state index contributed by atoms with van der Waals surface area (Å²) in [5.74, 6) is 0.151. The Morgan fingerprint density at radius 1 is 1.40 bits per heavy atom. The van der Waals surface area contributed by atoms with Crippen molar-refractivity contribution in [3.05, 3.63) is 32.9 Å². The van der Waals surface area contributed by atoms with E-state index in [4.69, 9.17) is 4.74 Å². The minimum Gasteiger partial charge on any atom is -0.403 e. The number of hydrogen-bond donors (Lipinski definition) is 0. The van der Waals surface area contributed by atoms with Crippen LogP contribution in [0.1, 0.15) is 29.8 Å². The molecule has 0 atom stereocenters. The average molecular weight is 315 g/mol. The number of ether oxygens (including phenoxy) is 1. The molecule has 0 saturated carbocycles. The number of halogens is 1. The Morgan fingerprint density at radius 3 is 2.80 bits per heavy atom. The first kappa shape index (κ1) is 10.6. The second-order valence-electron chi connectivity index (χ2n) is 3.58. The van der Waals surface area contributed by atoms with E-state index >= 15 is 0 Å². The standard InChI is InChI=1S/C11H10INO2/c1-6(2)13-10-9-7(11(14)15-10)4-3-5-8(9)12/h3-6H,1-2H3/b13-10+. The van der Waals surface area contributed by atoms with Crippen LogP contribution < -0.4 is 0 Å². The zero-order valence-corrected chi connectivity index (χ0v) is 10.6. The van der Waals surface area contributed by atoms with Crippen molar-refractivity contribution in [3.63, 3.8) is 0 Å². The van der Waals surface area contributed by atoms with E-state index in [0.29, 0.717) is 11.5 Å². The molecule has 0 saturated heterocycles. The van der Waals surface area contributed by atoms with E-state index in [9.17, 15) is 4.79 Å². The molecule has 3 nitrogen and oxygen atoms in total. The lowest BCUT2D eigenvalue weighted by molar-refractivity contribution is 0.0736. The highest BCUT2D eigenvalue weighted by atomic mass is 127. The lowest BCUT2D eigenvalue weighted by Gasteiger charge is -2.01. The minimum absolute atomic E-state index is 0.120. The van der Waals surface area contributed by atoms with Gasteiger partial charge in [-0.1, -0.05) is 6.07 Å². The van der Waals surface area contributed by atoms with E-state index in [2.05, 4.69) is 27.6 Å². The van der Waals surface area contributed by atoms with Gasteiger partial charge in [0.15, 0.2) is 0 Å². The Morgan fingerprint density at radius 2 is 2.13 bits per heavy atom. The summed E-state index contributed by atoms with van der Waals surface area (Å²) < 4.78 is 6.13. The van der Waals surface area contributed by atoms with E-state index in [-0.39, 0.29) is 12.0 Å². The minimum atomic E-state index is -0.303. The molecule has 0 radical (unpaired) electrons. The number of benzene rings is 1. The number of rotatable bonds is 1. The molecule has 15 heavy (non-hydrogen) atoms. The van der Waals surface area contributed by atoms with E-state index in [1.165, 1.54) is 0 Å². The molecule has 0 aliphatic carbocycles. The maximum Gasteiger partial charge on any atom is 0.345 e. The van der Waals surface area contributed by atoms with Crippen molar-refractivity contribution in [1.29, 1.82) is 0 Å². The number of cyclic esters (lactones) is 1. The third-order valence-electron chi connectivity index (χ3n) is 2.01. The molecule has 1 aromatic carbocycles. The average Bonchev–Trinajstić information content (AvgIpc) is 2.44. The van der Waals surface area contributed by atoms with Crippen LogP contribution in [0, 0.1) is 3.57 Å². The van der Waals surface area contributed by atoms with Crippen molar-refractivity contribution >= 4 is 34.5 Å². The molecule has 1 aliphatic heterocycles. The van der Waals surface area contributed by atoms with Gasteiger partial charge in [0.25, 0.3) is 0 Å². The van der Waals surface area contributed by atoms with Gasteiger partial charge in [0.1, 0.15) is 0 Å². The van der Waals surface area contributed by atoms with Gasteiger partial charge in [0, 0.05) is 9.61 Å². The molecule has 1 aliphatic rings. The highest BCUT2D eigenvalue weighted by Crippen LogP contribution is 2.25. The number of carbonyl (C=O) groups excluding carboxylic acids is 1. The largest absolute Gasteiger partial charge is 0.403 e. The van der Waals surface area contributed by atoms with E-state index in [1.54, 1.807) is 6.07 Å². The highest BCUT2D eigenvalue weighted by molar-refractivity contribution is 14.1. The molecule has 4 heteroatoms. The Bertz CT molecular complexity index is 452. The van der Waals surface area contributed by atoms with Crippen molar-refractivity contribution in [3.8, 4) is 0 Å². The number of hydrogen-bond acceptors (Lipinski definition) is 3. The van der Waals surface area contributed by atoms with Crippen LogP contribution in [0.15, 0.2) is 23.2 Å². The Kier molecular flexibility index (Phi) is 2.77. The van der Waals surface area contributed by atoms with Crippen LogP contribution >= 0.6 is 22.6 Å². The molecule has 0 N–H and O–H groups in total. The predicted octanol–water partition coefficient (Wildman–Crippen LogP) is 2.62. The van der Waals surface area contributed by atoms with Crippen molar-refractivity contribution in [2.45, 2.75) is 19.9 Å². The summed E-state index contributed by atoms with van der Waals surface area (Å²) in [4.78, 5) is 15.8. The summed E-state index contributed by atoms with van der Waals surface area (Å²) >= 11 is 2.18. The van der Waals surface area contributed by atoms with Crippen molar-refractivity contribution in [2.75, 3.05) is 0 Å². The number of nitrogens with zero attached hydrogens (tertiary/aromatic N) is 1. The summed E-state index contributed by atoms with van der Waals surface area (Å²) in [5.41, 5.74) is 1.44. The molecule has 0 amide bonds. The van der Waals surface area contributed by atoms with Gasteiger partial charge in [-0.05, 0) is 48.6 Å². The molecule has 1 heterocycles. The van der Waals surface area contributed by atoms with E-state index in [0.717, 1.165) is 9.13 Å². The normalized spacial score (nSPS) is 17.1. The maximum absolute atomic E-state index is 11.5. The molecule has 0 fully saturated rings. The monoisotopic (exact) mass is 315 g/mol. The fourth-order valence-corrected chi connectivity index (χ4v) is 2.16. The Labute approximate surface area is 102 Å². The van der Waals surface area contributed by atoms with Crippen LogP contribution in [0.4, 0.5) is 0 Å². The fourth-order valence-electron chi connectivity index (χ4n) is 1.43. The number of esters is 1. The molecule has 0 aromatic heterocycles. The summed E-state index contributed by atoms with van der Waals surface area (Å²) in [6, 6.07) is 5.68. The van der Waals surface area contributed by atoms with Crippen molar-refractivity contribution in [1.82, 2.24) is 0 Å². The Balaban J connectivity index is 2.58. The predicted molar refractivity (Wildman–Crippen MR) is 66.2 cm³/mol. The zero-order valence-electron chi connectivity index (χ0n) is 8.45. The smallest absolute Gasteiger partial charge is 0.345 e. The second-order valence-corrected chi connectivity index (χ2v) is 4.74. The summed E-state index contributed by atoms with van der Waals surface area (Å²) in [6.07, 6.45) is 0. The highest BCUT2D eigenvalue weighted by Gasteiger charge is 2.29. The van der Waals surface area contributed by atoms with Crippen LogP contribution in [-0.2, 0) is 4.74 Å². The molecular weight excluding hydrogens is 305 g/mol. The quantitative estimate of drug-likeness (QED) is 0.590. The maximum atomic E-state index is 11.5. The first-order valence-corrected chi connectivity index (χ1v) is 5.76. The lowest BCUT2D eigenvalue weighted by Crippen LogP contribution is -2.05. The van der Waals surface area contributed by atoms with Gasteiger partial charge < -0.3 is 4.74 Å². The third-order valence-corrected chi connectivity index (χ3v) is 2.91.